The van der Waals surface area contributed by atoms with Gasteiger partial charge >= 0.3 is 5.97 Å². The molecule has 0 saturated carbocycles. The topological polar surface area (TPSA) is 88.3 Å². The minimum Gasteiger partial charge on any atom is -0.495 e. The van der Waals surface area contributed by atoms with Crippen LogP contribution in [0.25, 0.3) is 22.2 Å². The van der Waals surface area contributed by atoms with E-state index in [1.54, 1.807) is 13.2 Å². The van der Waals surface area contributed by atoms with Gasteiger partial charge in [-0.25, -0.2) is 4.79 Å². The first-order valence-corrected chi connectivity index (χ1v) is 5.96. The average Bonchev–Trinajstić information content (AvgIpc) is 3.05. The maximum absolute atomic E-state index is 10.8. The lowest BCUT2D eigenvalue weighted by Crippen LogP contribution is -1.94. The predicted molar refractivity (Wildman–Crippen MR) is 72.0 cm³/mol. The Balaban J connectivity index is 2.19. The Morgan fingerprint density at radius 1 is 1.40 bits per heavy atom. The van der Waals surface area contributed by atoms with Crippen LogP contribution in [0.1, 0.15) is 16.1 Å². The summed E-state index contributed by atoms with van der Waals surface area (Å²) in [5, 5.41) is 13.4. The van der Waals surface area contributed by atoms with Crippen molar-refractivity contribution in [2.45, 2.75) is 6.92 Å². The number of carboxylic acid groups (broad SMARTS) is 1. The number of carbonyl (C=O) groups is 1. The zero-order chi connectivity index (χ0) is 14.3. The van der Waals surface area contributed by atoms with Crippen LogP contribution in [-0.4, -0.2) is 28.3 Å². The summed E-state index contributed by atoms with van der Waals surface area (Å²) in [4.78, 5) is 14.0. The third-order valence-corrected chi connectivity index (χ3v) is 3.19. The molecule has 0 saturated heterocycles. The van der Waals surface area contributed by atoms with Crippen molar-refractivity contribution in [1.82, 2.24) is 10.1 Å². The second-order valence-electron chi connectivity index (χ2n) is 4.45. The van der Waals surface area contributed by atoms with Gasteiger partial charge in [0.2, 0.25) is 0 Å². The Morgan fingerprint density at radius 2 is 2.20 bits per heavy atom. The van der Waals surface area contributed by atoms with Crippen LogP contribution < -0.4 is 4.74 Å². The van der Waals surface area contributed by atoms with Gasteiger partial charge in [-0.15, -0.1) is 0 Å². The van der Waals surface area contributed by atoms with Crippen molar-refractivity contribution in [2.75, 3.05) is 7.11 Å². The molecule has 2 N–H and O–H groups in total. The summed E-state index contributed by atoms with van der Waals surface area (Å²) < 4.78 is 10.4. The number of aromatic amines is 1. The van der Waals surface area contributed by atoms with Gasteiger partial charge in [0.15, 0.2) is 11.5 Å². The lowest BCUT2D eigenvalue weighted by Gasteiger charge is -2.04. The van der Waals surface area contributed by atoms with E-state index < -0.39 is 5.97 Å². The number of H-pyrrole nitrogens is 1. The smallest absolute Gasteiger partial charge is 0.358 e. The third kappa shape index (κ3) is 1.82. The Hall–Kier alpha value is -2.76. The average molecular weight is 272 g/mol. The first-order valence-electron chi connectivity index (χ1n) is 5.96. The van der Waals surface area contributed by atoms with Crippen LogP contribution in [0.5, 0.6) is 5.75 Å². The molecule has 3 aromatic rings. The van der Waals surface area contributed by atoms with Crippen molar-refractivity contribution < 1.29 is 19.2 Å². The number of nitrogens with one attached hydrogen (secondary N) is 1. The molecule has 0 spiro atoms. The van der Waals surface area contributed by atoms with Crippen molar-refractivity contribution in [3.05, 3.63) is 35.7 Å². The van der Waals surface area contributed by atoms with E-state index in [4.69, 9.17) is 14.4 Å². The molecule has 0 fully saturated rings. The fraction of sp³-hybridized carbons (Fsp3) is 0.143. The highest BCUT2D eigenvalue weighted by Gasteiger charge is 2.15. The number of methoxy groups -OCH3 is 1. The molecule has 0 atom stereocenters. The molecule has 0 amide bonds. The second kappa shape index (κ2) is 4.41. The Bertz CT molecular complexity index is 801. The lowest BCUT2D eigenvalue weighted by atomic mass is 10.1. The van der Waals surface area contributed by atoms with Gasteiger partial charge in [0.1, 0.15) is 5.75 Å². The van der Waals surface area contributed by atoms with E-state index in [0.717, 1.165) is 22.0 Å². The molecule has 1 aromatic carbocycles. The summed E-state index contributed by atoms with van der Waals surface area (Å²) in [6, 6.07) is 5.09. The predicted octanol–water partition coefficient (Wildman–Crippen LogP) is 2.84. The number of aromatic nitrogens is 2. The van der Waals surface area contributed by atoms with Crippen LogP contribution in [0.15, 0.2) is 28.9 Å². The summed E-state index contributed by atoms with van der Waals surface area (Å²) in [6.45, 7) is 1.98. The van der Waals surface area contributed by atoms with Crippen LogP contribution in [0.4, 0.5) is 0 Å². The summed E-state index contributed by atoms with van der Waals surface area (Å²) >= 11 is 0. The largest absolute Gasteiger partial charge is 0.495 e. The van der Waals surface area contributed by atoms with Gasteiger partial charge in [-0.2, -0.15) is 0 Å². The number of carboxylic acids is 1. The fourth-order valence-electron chi connectivity index (χ4n) is 2.15. The summed E-state index contributed by atoms with van der Waals surface area (Å²) in [6.07, 6.45) is 1.89. The molecule has 102 valence electrons. The van der Waals surface area contributed by atoms with Gasteiger partial charge in [-0.05, 0) is 24.6 Å². The quantitative estimate of drug-likeness (QED) is 0.765. The van der Waals surface area contributed by atoms with Crippen LogP contribution in [0, 0.1) is 6.92 Å². The maximum atomic E-state index is 10.8. The molecular weight excluding hydrogens is 260 g/mol. The third-order valence-electron chi connectivity index (χ3n) is 3.19. The summed E-state index contributed by atoms with van der Waals surface area (Å²) in [7, 11) is 1.58. The molecular formula is C14H12N2O4. The first-order chi connectivity index (χ1) is 9.60. The van der Waals surface area contributed by atoms with Crippen molar-refractivity contribution in [3.8, 4) is 17.1 Å². The van der Waals surface area contributed by atoms with Crippen LogP contribution >= 0.6 is 0 Å². The molecule has 0 radical (unpaired) electrons. The van der Waals surface area contributed by atoms with Gasteiger partial charge in [0, 0.05) is 23.2 Å². The Labute approximate surface area is 114 Å². The SMILES string of the molecule is COc1cc(-c2cc(C(=O)O)no2)cc2c(C)c[nH]c12. The minimum atomic E-state index is -1.12. The number of hydrogen-bond acceptors (Lipinski definition) is 4. The highest BCUT2D eigenvalue weighted by Crippen LogP contribution is 2.33. The molecule has 0 bridgehead atoms. The first kappa shape index (κ1) is 12.3. The van der Waals surface area contributed by atoms with Crippen LogP contribution in [-0.2, 0) is 0 Å². The minimum absolute atomic E-state index is 0.121. The molecule has 2 heterocycles. The molecule has 0 aliphatic heterocycles. The molecule has 3 rings (SSSR count). The normalized spacial score (nSPS) is 10.9. The van der Waals surface area contributed by atoms with E-state index in [1.165, 1.54) is 6.07 Å². The Kier molecular flexibility index (Phi) is 2.71. The van der Waals surface area contributed by atoms with Crippen molar-refractivity contribution in [3.63, 3.8) is 0 Å². The van der Waals surface area contributed by atoms with Crippen LogP contribution in [0.3, 0.4) is 0 Å². The van der Waals surface area contributed by atoms with E-state index in [0.29, 0.717) is 11.5 Å². The lowest BCUT2D eigenvalue weighted by molar-refractivity contribution is 0.0686. The van der Waals surface area contributed by atoms with Crippen LogP contribution in [0.2, 0.25) is 0 Å². The number of aromatic carboxylic acids is 1. The van der Waals surface area contributed by atoms with Gasteiger partial charge in [-0.3, -0.25) is 0 Å². The molecule has 20 heavy (non-hydrogen) atoms. The fourth-order valence-corrected chi connectivity index (χ4v) is 2.15. The number of benzene rings is 1. The highest BCUT2D eigenvalue weighted by atomic mass is 16.5. The van der Waals surface area contributed by atoms with Crippen molar-refractivity contribution >= 4 is 16.9 Å². The monoisotopic (exact) mass is 272 g/mol. The van der Waals surface area contributed by atoms with Crippen molar-refractivity contribution in [1.29, 1.82) is 0 Å². The van der Waals surface area contributed by atoms with E-state index >= 15 is 0 Å². The van der Waals surface area contributed by atoms with E-state index in [1.807, 2.05) is 19.2 Å². The number of nitrogens with zero attached hydrogens (tertiary/aromatic N) is 1. The van der Waals surface area contributed by atoms with Crippen molar-refractivity contribution in [2.24, 2.45) is 0 Å². The summed E-state index contributed by atoms with van der Waals surface area (Å²) in [5.74, 6) is -0.0621. The molecule has 6 nitrogen and oxygen atoms in total. The number of fused-ring (bicyclic) bond motifs is 1. The van der Waals surface area contributed by atoms with E-state index in [9.17, 15) is 4.79 Å². The molecule has 2 aromatic heterocycles. The number of ether oxygens (including phenoxy) is 1. The van der Waals surface area contributed by atoms with E-state index in [2.05, 4.69) is 10.1 Å². The summed E-state index contributed by atoms with van der Waals surface area (Å²) in [5.41, 5.74) is 2.56. The second-order valence-corrected chi connectivity index (χ2v) is 4.45. The molecule has 0 unspecified atom stereocenters. The van der Waals surface area contributed by atoms with Gasteiger partial charge < -0.3 is 19.4 Å². The zero-order valence-electron chi connectivity index (χ0n) is 10.9. The van der Waals surface area contributed by atoms with Gasteiger partial charge in [0.25, 0.3) is 0 Å². The van der Waals surface area contributed by atoms with Gasteiger partial charge in [-0.1, -0.05) is 5.16 Å². The number of rotatable bonds is 3. The highest BCUT2D eigenvalue weighted by molar-refractivity contribution is 5.93. The molecule has 6 heteroatoms. The Morgan fingerprint density at radius 3 is 2.85 bits per heavy atom. The number of aryl methyl sites for hydroxylation is 1. The maximum Gasteiger partial charge on any atom is 0.358 e. The van der Waals surface area contributed by atoms with E-state index in [-0.39, 0.29) is 5.69 Å². The zero-order valence-corrected chi connectivity index (χ0v) is 10.9. The standard InChI is InChI=1S/C14H12N2O4/c1-7-6-15-13-9(7)3-8(4-12(13)19-2)11-5-10(14(17)18)16-20-11/h3-6,15H,1-2H3,(H,17,18). The van der Waals surface area contributed by atoms with Gasteiger partial charge in [0.05, 0.1) is 12.6 Å². The number of hydrogen-bond donors (Lipinski definition) is 2. The molecule has 0 aliphatic carbocycles. The molecule has 0 aliphatic rings.